The van der Waals surface area contributed by atoms with Crippen molar-refractivity contribution < 1.29 is 17.9 Å². The molecule has 2 rings (SSSR count). The van der Waals surface area contributed by atoms with Crippen molar-refractivity contribution in [1.82, 2.24) is 14.8 Å². The molecule has 0 N–H and O–H groups in total. The van der Waals surface area contributed by atoms with Crippen LogP contribution in [0.4, 0.5) is 13.2 Å². The third kappa shape index (κ3) is 4.31. The lowest BCUT2D eigenvalue weighted by molar-refractivity contribution is -0.143. The van der Waals surface area contributed by atoms with Crippen LogP contribution in [-0.4, -0.2) is 34.7 Å². The molecule has 8 heteroatoms. The number of methoxy groups -OCH3 is 1. The van der Waals surface area contributed by atoms with E-state index in [-0.39, 0.29) is 0 Å². The molecule has 0 unspecified atom stereocenters. The number of nitrogens with zero attached hydrogens (tertiary/aromatic N) is 3. The maximum atomic E-state index is 12.6. The van der Waals surface area contributed by atoms with Gasteiger partial charge in [-0.25, -0.2) is 9.67 Å². The first kappa shape index (κ1) is 15.0. The first-order chi connectivity index (χ1) is 9.48. The predicted octanol–water partition coefficient (Wildman–Crippen LogP) is 2.68. The highest BCUT2D eigenvalue weighted by molar-refractivity contribution is 7.07. The molecule has 20 heavy (non-hydrogen) atoms. The van der Waals surface area contributed by atoms with Crippen LogP contribution in [0.25, 0.3) is 0 Å². The van der Waals surface area contributed by atoms with Gasteiger partial charge in [-0.1, -0.05) is 0 Å². The Morgan fingerprint density at radius 1 is 1.40 bits per heavy atom. The fourth-order valence-electron chi connectivity index (χ4n) is 1.73. The molecule has 0 bridgehead atoms. The van der Waals surface area contributed by atoms with Crippen molar-refractivity contribution in [3.05, 3.63) is 34.0 Å². The number of thiophene rings is 1. The second kappa shape index (κ2) is 6.36. The lowest BCUT2D eigenvalue weighted by Crippen LogP contribution is -2.20. The van der Waals surface area contributed by atoms with Crippen molar-refractivity contribution in [1.29, 1.82) is 0 Å². The van der Waals surface area contributed by atoms with Gasteiger partial charge in [0.1, 0.15) is 12.4 Å². The van der Waals surface area contributed by atoms with Gasteiger partial charge in [-0.2, -0.15) is 29.6 Å². The lowest BCUT2D eigenvalue weighted by atomic mass is 10.2. The van der Waals surface area contributed by atoms with Gasteiger partial charge in [0.05, 0.1) is 6.61 Å². The van der Waals surface area contributed by atoms with Crippen LogP contribution in [0, 0.1) is 0 Å². The maximum absolute atomic E-state index is 12.6. The van der Waals surface area contributed by atoms with Crippen molar-refractivity contribution in [2.75, 3.05) is 13.7 Å². The summed E-state index contributed by atoms with van der Waals surface area (Å²) in [5.41, 5.74) is 0.934. The standard InChI is InChI=1S/C12H14F3N3OS/c1-19-4-2-10-16-11(6-9-3-5-20-7-9)18(17-10)8-12(13,14)15/h3,5,7H,2,4,6,8H2,1H3. The molecule has 110 valence electrons. The Bertz CT molecular complexity index is 537. The zero-order valence-electron chi connectivity index (χ0n) is 10.9. The normalized spacial score (nSPS) is 12.0. The third-order valence-corrected chi connectivity index (χ3v) is 3.33. The molecule has 0 amide bonds. The summed E-state index contributed by atoms with van der Waals surface area (Å²) in [4.78, 5) is 4.18. The molecule has 0 atom stereocenters. The van der Waals surface area contributed by atoms with Crippen LogP contribution in [-0.2, 0) is 24.1 Å². The highest BCUT2D eigenvalue weighted by Gasteiger charge is 2.30. The molecule has 2 aromatic rings. The first-order valence-corrected chi connectivity index (χ1v) is 6.91. The van der Waals surface area contributed by atoms with Crippen molar-refractivity contribution in [2.45, 2.75) is 25.6 Å². The van der Waals surface area contributed by atoms with Gasteiger partial charge in [0.15, 0.2) is 5.82 Å². The number of hydrogen-bond acceptors (Lipinski definition) is 4. The summed E-state index contributed by atoms with van der Waals surface area (Å²) in [7, 11) is 1.53. The molecule has 0 aromatic carbocycles. The van der Waals surface area contributed by atoms with Crippen LogP contribution in [0.1, 0.15) is 17.2 Å². The summed E-state index contributed by atoms with van der Waals surface area (Å²) in [6, 6.07) is 1.87. The molecule has 2 aromatic heterocycles. The molecule has 0 radical (unpaired) electrons. The van der Waals surface area contributed by atoms with E-state index >= 15 is 0 Å². The minimum atomic E-state index is -4.31. The Balaban J connectivity index is 2.19. The van der Waals surface area contributed by atoms with Crippen molar-refractivity contribution in [3.8, 4) is 0 Å². The van der Waals surface area contributed by atoms with E-state index in [9.17, 15) is 13.2 Å². The molecule has 4 nitrogen and oxygen atoms in total. The van der Waals surface area contributed by atoms with E-state index in [1.807, 2.05) is 16.8 Å². The number of aromatic nitrogens is 3. The van der Waals surface area contributed by atoms with Gasteiger partial charge >= 0.3 is 6.18 Å². The van der Waals surface area contributed by atoms with E-state index in [0.29, 0.717) is 31.1 Å². The van der Waals surface area contributed by atoms with Gasteiger partial charge < -0.3 is 4.74 Å². The number of rotatable bonds is 6. The first-order valence-electron chi connectivity index (χ1n) is 5.97. The van der Waals surface area contributed by atoms with Crippen molar-refractivity contribution in [2.24, 2.45) is 0 Å². The quantitative estimate of drug-likeness (QED) is 0.824. The van der Waals surface area contributed by atoms with Crippen LogP contribution in [0.2, 0.25) is 0 Å². The maximum Gasteiger partial charge on any atom is 0.408 e. The second-order valence-electron chi connectivity index (χ2n) is 4.27. The van der Waals surface area contributed by atoms with Gasteiger partial charge in [0, 0.05) is 20.0 Å². The van der Waals surface area contributed by atoms with Crippen LogP contribution in [0.5, 0.6) is 0 Å². The lowest BCUT2D eigenvalue weighted by Gasteiger charge is -2.08. The molecule has 0 aliphatic heterocycles. The van der Waals surface area contributed by atoms with E-state index in [0.717, 1.165) is 10.2 Å². The minimum absolute atomic E-state index is 0.326. The average molecular weight is 305 g/mol. The van der Waals surface area contributed by atoms with E-state index in [1.165, 1.54) is 18.4 Å². The predicted molar refractivity (Wildman–Crippen MR) is 68.8 cm³/mol. The van der Waals surface area contributed by atoms with Gasteiger partial charge in [-0.3, -0.25) is 0 Å². The van der Waals surface area contributed by atoms with Gasteiger partial charge in [-0.15, -0.1) is 0 Å². The highest BCUT2D eigenvalue weighted by Crippen LogP contribution is 2.19. The number of alkyl halides is 3. The highest BCUT2D eigenvalue weighted by atomic mass is 32.1. The Kier molecular flexibility index (Phi) is 4.77. The Morgan fingerprint density at radius 2 is 2.20 bits per heavy atom. The topological polar surface area (TPSA) is 39.9 Å². The van der Waals surface area contributed by atoms with Crippen LogP contribution < -0.4 is 0 Å². The molecular formula is C12H14F3N3OS. The minimum Gasteiger partial charge on any atom is -0.384 e. The zero-order valence-corrected chi connectivity index (χ0v) is 11.7. The third-order valence-electron chi connectivity index (χ3n) is 2.59. The summed E-state index contributed by atoms with van der Waals surface area (Å²) in [5, 5.41) is 7.69. The molecule has 0 aliphatic carbocycles. The van der Waals surface area contributed by atoms with Crippen LogP contribution in [0.3, 0.4) is 0 Å². The second-order valence-corrected chi connectivity index (χ2v) is 5.05. The van der Waals surface area contributed by atoms with E-state index in [2.05, 4.69) is 10.1 Å². The van der Waals surface area contributed by atoms with Crippen LogP contribution >= 0.6 is 11.3 Å². The fraction of sp³-hybridized carbons (Fsp3) is 0.500. The molecule has 0 spiro atoms. The monoisotopic (exact) mass is 305 g/mol. The molecule has 0 aliphatic rings. The van der Waals surface area contributed by atoms with Gasteiger partial charge in [0.2, 0.25) is 0 Å². The average Bonchev–Trinajstić information content (AvgIpc) is 2.96. The van der Waals surface area contributed by atoms with E-state index < -0.39 is 12.7 Å². The summed E-state index contributed by atoms with van der Waals surface area (Å²) in [5.74, 6) is 0.702. The smallest absolute Gasteiger partial charge is 0.384 e. The molecule has 2 heterocycles. The van der Waals surface area contributed by atoms with E-state index in [1.54, 1.807) is 0 Å². The van der Waals surface area contributed by atoms with Crippen LogP contribution in [0.15, 0.2) is 16.8 Å². The molecule has 0 fully saturated rings. The summed E-state index contributed by atoms with van der Waals surface area (Å²) < 4.78 is 43.5. The van der Waals surface area contributed by atoms with Gasteiger partial charge in [0.25, 0.3) is 0 Å². The Morgan fingerprint density at radius 3 is 2.80 bits per heavy atom. The van der Waals surface area contributed by atoms with Crippen molar-refractivity contribution >= 4 is 11.3 Å². The molecule has 0 saturated heterocycles. The summed E-state index contributed by atoms with van der Waals surface area (Å²) in [6.45, 7) is -0.736. The zero-order chi connectivity index (χ0) is 14.6. The Hall–Kier alpha value is -1.41. The Labute approximate surface area is 118 Å². The number of ether oxygens (including phenoxy) is 1. The molecular weight excluding hydrogens is 291 g/mol. The largest absolute Gasteiger partial charge is 0.408 e. The number of halogens is 3. The van der Waals surface area contributed by atoms with Crippen molar-refractivity contribution in [3.63, 3.8) is 0 Å². The molecule has 0 saturated carbocycles. The van der Waals surface area contributed by atoms with E-state index in [4.69, 9.17) is 4.74 Å². The SMILES string of the molecule is COCCc1nc(Cc2ccsc2)n(CC(F)(F)F)n1. The fourth-order valence-corrected chi connectivity index (χ4v) is 2.40. The van der Waals surface area contributed by atoms with Gasteiger partial charge in [-0.05, 0) is 22.4 Å². The summed E-state index contributed by atoms with van der Waals surface area (Å²) >= 11 is 1.50. The number of hydrogen-bond donors (Lipinski definition) is 0. The summed E-state index contributed by atoms with van der Waals surface area (Å²) in [6.07, 6.45) is -3.56.